The fraction of sp³-hybridized carbons (Fsp3) is 0.192. The van der Waals surface area contributed by atoms with E-state index in [1.807, 2.05) is 48.7 Å². The number of benzene rings is 3. The van der Waals surface area contributed by atoms with Gasteiger partial charge in [0.15, 0.2) is 0 Å². The zero-order valence-corrected chi connectivity index (χ0v) is 17.6. The molecule has 0 radical (unpaired) electrons. The molecule has 32 heavy (non-hydrogen) atoms. The molecule has 4 aromatic rings. The highest BCUT2D eigenvalue weighted by Gasteiger charge is 2.22. The van der Waals surface area contributed by atoms with Crippen molar-refractivity contribution < 1.29 is 9.53 Å². The van der Waals surface area contributed by atoms with Gasteiger partial charge < -0.3 is 10.1 Å². The molecule has 0 aliphatic carbocycles. The normalized spacial score (nSPS) is 16.1. The van der Waals surface area contributed by atoms with Crippen LogP contribution in [0, 0.1) is 5.92 Å². The molecule has 5 rings (SSSR count). The number of hydrogen-bond donors (Lipinski definition) is 1. The van der Waals surface area contributed by atoms with Gasteiger partial charge in [0.2, 0.25) is 5.91 Å². The van der Waals surface area contributed by atoms with Gasteiger partial charge in [-0.1, -0.05) is 71.9 Å². The van der Waals surface area contributed by atoms with Gasteiger partial charge in [0.1, 0.15) is 18.1 Å². The van der Waals surface area contributed by atoms with E-state index in [2.05, 4.69) is 52.0 Å². The van der Waals surface area contributed by atoms with Crippen LogP contribution in [0.25, 0.3) is 11.1 Å². The minimum atomic E-state index is -0.210. The van der Waals surface area contributed by atoms with Crippen molar-refractivity contribution in [3.8, 4) is 16.9 Å². The van der Waals surface area contributed by atoms with Gasteiger partial charge in [-0.3, -0.25) is 9.48 Å². The lowest BCUT2D eigenvalue weighted by Gasteiger charge is -2.19. The lowest BCUT2D eigenvalue weighted by Crippen LogP contribution is -2.26. The Bertz CT molecular complexity index is 1200. The number of carbonyl (C=O) groups excluding carboxylic acids is 1. The van der Waals surface area contributed by atoms with Crippen LogP contribution in [0.5, 0.6) is 5.75 Å². The molecule has 160 valence electrons. The molecular formula is C26H24N4O2. The summed E-state index contributed by atoms with van der Waals surface area (Å²) in [7, 11) is 0. The molecule has 0 saturated carbocycles. The Kier molecular flexibility index (Phi) is 5.66. The molecule has 3 aromatic carbocycles. The molecule has 1 atom stereocenters. The molecule has 2 heterocycles. The molecule has 1 aliphatic heterocycles. The van der Waals surface area contributed by atoms with E-state index in [1.54, 1.807) is 4.68 Å². The van der Waals surface area contributed by atoms with Gasteiger partial charge in [0, 0.05) is 12.5 Å². The number of amides is 1. The van der Waals surface area contributed by atoms with Crippen LogP contribution < -0.4 is 10.1 Å². The van der Waals surface area contributed by atoms with Gasteiger partial charge in [-0.05, 0) is 41.7 Å². The van der Waals surface area contributed by atoms with E-state index in [9.17, 15) is 4.79 Å². The summed E-state index contributed by atoms with van der Waals surface area (Å²) < 4.78 is 7.67. The van der Waals surface area contributed by atoms with Crippen molar-refractivity contribution in [2.24, 2.45) is 5.92 Å². The van der Waals surface area contributed by atoms with Crippen LogP contribution in [0.2, 0.25) is 0 Å². The lowest BCUT2D eigenvalue weighted by molar-refractivity contribution is -0.120. The van der Waals surface area contributed by atoms with Crippen molar-refractivity contribution >= 4 is 11.6 Å². The third kappa shape index (κ3) is 4.54. The fourth-order valence-electron chi connectivity index (χ4n) is 3.96. The summed E-state index contributed by atoms with van der Waals surface area (Å²) in [6, 6.07) is 26.2. The topological polar surface area (TPSA) is 69.0 Å². The zero-order chi connectivity index (χ0) is 21.8. The first kappa shape index (κ1) is 20.0. The first-order valence-electron chi connectivity index (χ1n) is 10.8. The zero-order valence-electron chi connectivity index (χ0n) is 17.6. The average Bonchev–Trinajstić information content (AvgIpc) is 3.29. The summed E-state index contributed by atoms with van der Waals surface area (Å²) in [6.45, 7) is 0.929. The number of nitrogens with zero attached hydrogens (tertiary/aromatic N) is 3. The summed E-state index contributed by atoms with van der Waals surface area (Å²) in [5.41, 5.74) is 4.91. The van der Waals surface area contributed by atoms with Gasteiger partial charge in [-0.15, -0.1) is 5.10 Å². The van der Waals surface area contributed by atoms with Crippen LogP contribution in [-0.4, -0.2) is 20.9 Å². The van der Waals surface area contributed by atoms with E-state index >= 15 is 0 Å². The van der Waals surface area contributed by atoms with E-state index in [4.69, 9.17) is 4.74 Å². The third-order valence-corrected chi connectivity index (χ3v) is 5.73. The number of nitrogens with one attached hydrogen (secondary N) is 1. The average molecular weight is 425 g/mol. The maximum absolute atomic E-state index is 13.2. The predicted octanol–water partition coefficient (Wildman–Crippen LogP) is 4.73. The number of ether oxygens (including phenoxy) is 1. The van der Waals surface area contributed by atoms with Crippen molar-refractivity contribution in [3.05, 3.63) is 96.3 Å². The summed E-state index contributed by atoms with van der Waals surface area (Å²) >= 11 is 0. The molecule has 0 fully saturated rings. The molecule has 6 heteroatoms. The molecule has 0 spiro atoms. The number of carbonyl (C=O) groups is 1. The quantitative estimate of drug-likeness (QED) is 0.516. The lowest BCUT2D eigenvalue weighted by atomic mass is 9.93. The highest BCUT2D eigenvalue weighted by atomic mass is 16.5. The second-order valence-electron chi connectivity index (χ2n) is 8.00. The van der Waals surface area contributed by atoms with Gasteiger partial charge in [0.25, 0.3) is 0 Å². The SMILES string of the molecule is O=C1Nc2ccccc2OCc2cn(nn2)CC[C@H]1Cc1ccc(-c2ccccc2)cc1. The van der Waals surface area contributed by atoms with E-state index < -0.39 is 0 Å². The Morgan fingerprint density at radius 1 is 0.938 bits per heavy atom. The maximum Gasteiger partial charge on any atom is 0.227 e. The van der Waals surface area contributed by atoms with Crippen molar-refractivity contribution in [1.29, 1.82) is 0 Å². The van der Waals surface area contributed by atoms with Crippen LogP contribution in [0.15, 0.2) is 85.1 Å². The van der Waals surface area contributed by atoms with E-state index in [0.717, 1.165) is 11.3 Å². The smallest absolute Gasteiger partial charge is 0.227 e. The Labute approximate surface area is 186 Å². The summed E-state index contributed by atoms with van der Waals surface area (Å²) in [5, 5.41) is 11.4. The van der Waals surface area contributed by atoms with E-state index in [1.165, 1.54) is 11.1 Å². The standard InChI is InChI=1S/C26H24N4O2/c31-26-22(16-19-10-12-21(13-11-19)20-6-2-1-3-7-20)14-15-30-17-23(28-29-30)18-32-25-9-5-4-8-24(25)27-26/h1-13,17,22H,14-16,18H2,(H,27,31)/t22-/m0/s1. The number of para-hydroxylation sites is 2. The van der Waals surface area contributed by atoms with Crippen molar-refractivity contribution in [3.63, 3.8) is 0 Å². The molecule has 6 nitrogen and oxygen atoms in total. The van der Waals surface area contributed by atoms with Crippen LogP contribution in [-0.2, 0) is 24.4 Å². The van der Waals surface area contributed by atoms with Crippen LogP contribution in [0.4, 0.5) is 5.69 Å². The summed E-state index contributed by atoms with van der Waals surface area (Å²) in [4.78, 5) is 13.2. The summed E-state index contributed by atoms with van der Waals surface area (Å²) in [5.74, 6) is 0.397. The fourth-order valence-corrected chi connectivity index (χ4v) is 3.96. The second-order valence-corrected chi connectivity index (χ2v) is 8.00. The number of hydrogen-bond acceptors (Lipinski definition) is 4. The monoisotopic (exact) mass is 424 g/mol. The molecule has 1 N–H and O–H groups in total. The minimum absolute atomic E-state index is 0.0194. The van der Waals surface area contributed by atoms with E-state index in [-0.39, 0.29) is 11.8 Å². The van der Waals surface area contributed by atoms with Crippen LogP contribution >= 0.6 is 0 Å². The molecule has 1 amide bonds. The largest absolute Gasteiger partial charge is 0.485 e. The van der Waals surface area contributed by atoms with Crippen LogP contribution in [0.3, 0.4) is 0 Å². The van der Waals surface area contributed by atoms with Gasteiger partial charge in [-0.25, -0.2) is 0 Å². The minimum Gasteiger partial charge on any atom is -0.485 e. The van der Waals surface area contributed by atoms with E-state index in [0.29, 0.717) is 37.4 Å². The third-order valence-electron chi connectivity index (χ3n) is 5.73. The molecule has 1 aliphatic rings. The Morgan fingerprint density at radius 3 is 2.53 bits per heavy atom. The molecule has 2 bridgehead atoms. The highest BCUT2D eigenvalue weighted by Crippen LogP contribution is 2.27. The second kappa shape index (κ2) is 9.06. The molecule has 1 aromatic heterocycles. The first-order valence-corrected chi connectivity index (χ1v) is 10.8. The number of aryl methyl sites for hydroxylation is 1. The summed E-state index contributed by atoms with van der Waals surface area (Å²) in [6.07, 6.45) is 3.19. The van der Waals surface area contributed by atoms with Gasteiger partial charge in [0.05, 0.1) is 11.9 Å². The highest BCUT2D eigenvalue weighted by molar-refractivity contribution is 5.94. The Balaban J connectivity index is 1.39. The number of anilines is 1. The van der Waals surface area contributed by atoms with Crippen molar-refractivity contribution in [1.82, 2.24) is 15.0 Å². The van der Waals surface area contributed by atoms with Crippen molar-refractivity contribution in [2.75, 3.05) is 5.32 Å². The van der Waals surface area contributed by atoms with Gasteiger partial charge in [-0.2, -0.15) is 0 Å². The number of fused-ring (bicyclic) bond motifs is 3. The maximum atomic E-state index is 13.2. The molecule has 0 unspecified atom stereocenters. The molecular weight excluding hydrogens is 400 g/mol. The predicted molar refractivity (Wildman–Crippen MR) is 123 cm³/mol. The number of aromatic nitrogens is 3. The first-order chi connectivity index (χ1) is 15.7. The Morgan fingerprint density at radius 2 is 1.69 bits per heavy atom. The van der Waals surface area contributed by atoms with Gasteiger partial charge >= 0.3 is 0 Å². The van der Waals surface area contributed by atoms with Crippen molar-refractivity contribution in [2.45, 2.75) is 26.0 Å². The van der Waals surface area contributed by atoms with Crippen LogP contribution in [0.1, 0.15) is 17.7 Å². The Hall–Kier alpha value is -3.93. The number of rotatable bonds is 3. The molecule has 0 saturated heterocycles.